The lowest BCUT2D eigenvalue weighted by Gasteiger charge is -2.34. The van der Waals surface area contributed by atoms with Crippen LogP contribution in [0.1, 0.15) is 5.56 Å². The molecular formula is C23H25N5O3. The van der Waals surface area contributed by atoms with Gasteiger partial charge < -0.3 is 10.2 Å². The quantitative estimate of drug-likeness (QED) is 0.640. The van der Waals surface area contributed by atoms with E-state index in [0.29, 0.717) is 50.2 Å². The van der Waals surface area contributed by atoms with Crippen molar-refractivity contribution in [2.45, 2.75) is 13.1 Å². The summed E-state index contributed by atoms with van der Waals surface area (Å²) in [6.07, 6.45) is 1.43. The Balaban J connectivity index is 1.26. The summed E-state index contributed by atoms with van der Waals surface area (Å²) in [4.78, 5) is 45.5. The molecule has 31 heavy (non-hydrogen) atoms. The van der Waals surface area contributed by atoms with E-state index in [1.165, 1.54) is 10.9 Å². The second-order valence-electron chi connectivity index (χ2n) is 7.61. The van der Waals surface area contributed by atoms with Gasteiger partial charge in [-0.3, -0.25) is 23.9 Å². The molecule has 2 amide bonds. The van der Waals surface area contributed by atoms with Gasteiger partial charge in [0.1, 0.15) is 6.54 Å². The molecule has 0 bridgehead atoms. The van der Waals surface area contributed by atoms with Crippen LogP contribution in [0.3, 0.4) is 0 Å². The van der Waals surface area contributed by atoms with Gasteiger partial charge in [0.25, 0.3) is 5.56 Å². The van der Waals surface area contributed by atoms with E-state index in [1.807, 2.05) is 41.3 Å². The van der Waals surface area contributed by atoms with E-state index in [1.54, 1.807) is 23.1 Å². The number of benzene rings is 2. The van der Waals surface area contributed by atoms with Crippen LogP contribution in [0.5, 0.6) is 0 Å². The van der Waals surface area contributed by atoms with E-state index in [9.17, 15) is 14.4 Å². The number of hydrogen-bond donors (Lipinski definition) is 1. The largest absolute Gasteiger partial charge is 0.351 e. The van der Waals surface area contributed by atoms with Crippen LogP contribution < -0.4 is 10.9 Å². The van der Waals surface area contributed by atoms with E-state index in [-0.39, 0.29) is 23.9 Å². The summed E-state index contributed by atoms with van der Waals surface area (Å²) in [5.41, 5.74) is 1.47. The number of hydrogen-bond acceptors (Lipinski definition) is 5. The minimum atomic E-state index is -0.215. The number of nitrogens with zero attached hydrogens (tertiary/aromatic N) is 4. The molecule has 8 heteroatoms. The summed E-state index contributed by atoms with van der Waals surface area (Å²) >= 11 is 0. The molecule has 160 valence electrons. The molecule has 0 aliphatic carbocycles. The molecule has 1 aliphatic rings. The van der Waals surface area contributed by atoms with Gasteiger partial charge in [-0.05, 0) is 17.7 Å². The summed E-state index contributed by atoms with van der Waals surface area (Å²) in [5.74, 6) is -0.148. The summed E-state index contributed by atoms with van der Waals surface area (Å²) in [5, 5.41) is 3.43. The van der Waals surface area contributed by atoms with Gasteiger partial charge in [-0.1, -0.05) is 42.5 Å². The summed E-state index contributed by atoms with van der Waals surface area (Å²) in [7, 11) is 0. The second kappa shape index (κ2) is 9.53. The number of nitrogens with one attached hydrogen (secondary N) is 1. The van der Waals surface area contributed by atoms with Gasteiger partial charge in [0.15, 0.2) is 0 Å². The summed E-state index contributed by atoms with van der Waals surface area (Å²) < 4.78 is 1.36. The Morgan fingerprint density at radius 2 is 1.61 bits per heavy atom. The Kier molecular flexibility index (Phi) is 6.37. The van der Waals surface area contributed by atoms with Gasteiger partial charge in [0, 0.05) is 32.7 Å². The highest BCUT2D eigenvalue weighted by Gasteiger charge is 2.23. The Morgan fingerprint density at radius 3 is 2.39 bits per heavy atom. The molecule has 1 saturated heterocycles. The molecule has 1 aliphatic heterocycles. The molecule has 3 aromatic rings. The van der Waals surface area contributed by atoms with Gasteiger partial charge >= 0.3 is 0 Å². The van der Waals surface area contributed by atoms with E-state index in [2.05, 4.69) is 10.3 Å². The lowest BCUT2D eigenvalue weighted by molar-refractivity contribution is -0.134. The SMILES string of the molecule is O=C(CN1CCN(C(=O)Cn2cnc3ccccc3c2=O)CC1)NCc1ccccc1. The summed E-state index contributed by atoms with van der Waals surface area (Å²) in [6, 6.07) is 16.9. The average Bonchev–Trinajstić information content (AvgIpc) is 2.81. The number of amides is 2. The molecule has 2 aromatic carbocycles. The van der Waals surface area contributed by atoms with Crippen molar-refractivity contribution in [1.29, 1.82) is 0 Å². The van der Waals surface area contributed by atoms with Crippen molar-refractivity contribution in [3.05, 3.63) is 76.8 Å². The van der Waals surface area contributed by atoms with Crippen LogP contribution in [-0.4, -0.2) is 63.9 Å². The zero-order valence-electron chi connectivity index (χ0n) is 17.2. The number of carbonyl (C=O) groups is 2. The number of para-hydroxylation sites is 1. The number of aromatic nitrogens is 2. The molecule has 0 atom stereocenters. The standard InChI is InChI=1S/C23H25N5O3/c29-21(24-14-18-6-2-1-3-7-18)15-26-10-12-27(13-11-26)22(30)16-28-17-25-20-9-5-4-8-19(20)23(28)31/h1-9,17H,10-16H2,(H,24,29). The number of fused-ring (bicyclic) bond motifs is 1. The fraction of sp³-hybridized carbons (Fsp3) is 0.304. The second-order valence-corrected chi connectivity index (χ2v) is 7.61. The number of rotatable bonds is 6. The first-order chi connectivity index (χ1) is 15.1. The number of piperazine rings is 1. The lowest BCUT2D eigenvalue weighted by Crippen LogP contribution is -2.52. The Labute approximate surface area is 180 Å². The van der Waals surface area contributed by atoms with Crippen LogP contribution >= 0.6 is 0 Å². The first-order valence-corrected chi connectivity index (χ1v) is 10.3. The smallest absolute Gasteiger partial charge is 0.261 e. The number of carbonyl (C=O) groups excluding carboxylic acids is 2. The first kappa shape index (κ1) is 20.7. The maximum absolute atomic E-state index is 12.7. The molecule has 0 unspecified atom stereocenters. The van der Waals surface area contributed by atoms with Gasteiger partial charge in [-0.2, -0.15) is 0 Å². The highest BCUT2D eigenvalue weighted by Crippen LogP contribution is 2.06. The molecule has 1 N–H and O–H groups in total. The van der Waals surface area contributed by atoms with Crippen LogP contribution in [0, 0.1) is 0 Å². The Hall–Kier alpha value is -3.52. The van der Waals surface area contributed by atoms with Gasteiger partial charge in [0.2, 0.25) is 11.8 Å². The maximum atomic E-state index is 12.7. The fourth-order valence-corrected chi connectivity index (χ4v) is 3.68. The normalized spacial score (nSPS) is 14.5. The molecular weight excluding hydrogens is 394 g/mol. The molecule has 1 fully saturated rings. The lowest BCUT2D eigenvalue weighted by atomic mass is 10.2. The van der Waals surface area contributed by atoms with Gasteiger partial charge in [-0.15, -0.1) is 0 Å². The van der Waals surface area contributed by atoms with Crippen LogP contribution in [-0.2, 0) is 22.7 Å². The predicted octanol–water partition coefficient (Wildman–Crippen LogP) is 0.857. The Morgan fingerprint density at radius 1 is 0.903 bits per heavy atom. The predicted molar refractivity (Wildman–Crippen MR) is 117 cm³/mol. The van der Waals surface area contributed by atoms with E-state index in [0.717, 1.165) is 5.56 Å². The van der Waals surface area contributed by atoms with Crippen molar-refractivity contribution in [2.75, 3.05) is 32.7 Å². The average molecular weight is 419 g/mol. The van der Waals surface area contributed by atoms with Crippen molar-refractivity contribution in [3.63, 3.8) is 0 Å². The maximum Gasteiger partial charge on any atom is 0.261 e. The van der Waals surface area contributed by atoms with Crippen molar-refractivity contribution in [2.24, 2.45) is 0 Å². The van der Waals surface area contributed by atoms with E-state index in [4.69, 9.17) is 0 Å². The van der Waals surface area contributed by atoms with E-state index < -0.39 is 0 Å². The molecule has 4 rings (SSSR count). The molecule has 0 radical (unpaired) electrons. The van der Waals surface area contributed by atoms with Gasteiger partial charge in [-0.25, -0.2) is 4.98 Å². The van der Waals surface area contributed by atoms with E-state index >= 15 is 0 Å². The molecule has 2 heterocycles. The van der Waals surface area contributed by atoms with Crippen LogP contribution in [0.4, 0.5) is 0 Å². The highest BCUT2D eigenvalue weighted by atomic mass is 16.2. The van der Waals surface area contributed by atoms with Gasteiger partial charge in [0.05, 0.1) is 23.8 Å². The van der Waals surface area contributed by atoms with Crippen molar-refractivity contribution >= 4 is 22.7 Å². The third-order valence-electron chi connectivity index (χ3n) is 5.46. The molecule has 1 aromatic heterocycles. The zero-order valence-corrected chi connectivity index (χ0v) is 17.2. The van der Waals surface area contributed by atoms with Crippen LogP contribution in [0.15, 0.2) is 65.7 Å². The third kappa shape index (κ3) is 5.16. The monoisotopic (exact) mass is 419 g/mol. The van der Waals surface area contributed by atoms with Crippen LogP contribution in [0.2, 0.25) is 0 Å². The molecule has 0 spiro atoms. The van der Waals surface area contributed by atoms with Crippen molar-refractivity contribution in [3.8, 4) is 0 Å². The topological polar surface area (TPSA) is 87.5 Å². The summed E-state index contributed by atoms with van der Waals surface area (Å²) in [6.45, 7) is 3.08. The third-order valence-corrected chi connectivity index (χ3v) is 5.46. The van der Waals surface area contributed by atoms with Crippen LogP contribution in [0.25, 0.3) is 10.9 Å². The fourth-order valence-electron chi connectivity index (χ4n) is 3.68. The highest BCUT2D eigenvalue weighted by molar-refractivity contribution is 5.79. The van der Waals surface area contributed by atoms with Crippen molar-refractivity contribution < 1.29 is 9.59 Å². The zero-order chi connectivity index (χ0) is 21.6. The molecule has 0 saturated carbocycles. The van der Waals surface area contributed by atoms with Crippen molar-refractivity contribution in [1.82, 2.24) is 24.7 Å². The minimum absolute atomic E-state index is 0.0302. The minimum Gasteiger partial charge on any atom is -0.351 e. The Bertz CT molecular complexity index is 1120. The first-order valence-electron chi connectivity index (χ1n) is 10.3. The molecule has 8 nitrogen and oxygen atoms in total.